The molecule has 0 unspecified atom stereocenters. The molecule has 0 atom stereocenters. The van der Waals surface area contributed by atoms with Crippen molar-refractivity contribution in [3.63, 3.8) is 0 Å². The molecule has 1 aromatic heterocycles. The summed E-state index contributed by atoms with van der Waals surface area (Å²) in [6.07, 6.45) is 0. The maximum atomic E-state index is 13.0. The highest BCUT2D eigenvalue weighted by molar-refractivity contribution is 5.50. The summed E-state index contributed by atoms with van der Waals surface area (Å²) in [5.74, 6) is 0.962. The van der Waals surface area contributed by atoms with E-state index in [0.29, 0.717) is 18.1 Å². The number of rotatable bonds is 4. The number of aliphatic hydroxyl groups is 1. The van der Waals surface area contributed by atoms with Crippen LogP contribution in [0.3, 0.4) is 0 Å². The van der Waals surface area contributed by atoms with E-state index in [9.17, 15) is 4.39 Å². The summed E-state index contributed by atoms with van der Waals surface area (Å²) < 4.78 is 18.4. The maximum absolute atomic E-state index is 13.0. The Bertz CT molecular complexity index is 508. The lowest BCUT2D eigenvalue weighted by atomic mass is 10.2. The molecule has 90 valence electrons. The molecular formula is C13H14FNO2. The number of hydrogen-bond acceptors (Lipinski definition) is 3. The van der Waals surface area contributed by atoms with Gasteiger partial charge in [0, 0.05) is 5.69 Å². The monoisotopic (exact) mass is 235 g/mol. The van der Waals surface area contributed by atoms with E-state index in [1.807, 2.05) is 6.92 Å². The molecule has 0 spiro atoms. The molecule has 0 aliphatic heterocycles. The van der Waals surface area contributed by atoms with Crippen LogP contribution in [-0.2, 0) is 13.2 Å². The van der Waals surface area contributed by atoms with Gasteiger partial charge in [0.15, 0.2) is 0 Å². The third-order valence-corrected chi connectivity index (χ3v) is 2.53. The van der Waals surface area contributed by atoms with Gasteiger partial charge in [-0.3, -0.25) is 0 Å². The van der Waals surface area contributed by atoms with Crippen molar-refractivity contribution in [2.24, 2.45) is 0 Å². The number of halogens is 1. The Morgan fingerprint density at radius 1 is 1.24 bits per heavy atom. The van der Waals surface area contributed by atoms with Crippen molar-refractivity contribution in [3.8, 4) is 0 Å². The highest BCUT2D eigenvalue weighted by Gasteiger charge is 2.03. The molecule has 0 radical (unpaired) electrons. The number of furan rings is 1. The van der Waals surface area contributed by atoms with Crippen molar-refractivity contribution in [3.05, 3.63) is 53.2 Å². The van der Waals surface area contributed by atoms with Gasteiger partial charge in [-0.2, -0.15) is 0 Å². The van der Waals surface area contributed by atoms with Gasteiger partial charge < -0.3 is 14.8 Å². The van der Waals surface area contributed by atoms with E-state index in [2.05, 4.69) is 5.32 Å². The van der Waals surface area contributed by atoms with Gasteiger partial charge in [0.05, 0.1) is 6.54 Å². The van der Waals surface area contributed by atoms with Crippen molar-refractivity contribution >= 4 is 5.69 Å². The summed E-state index contributed by atoms with van der Waals surface area (Å²) >= 11 is 0. The second-order valence-electron chi connectivity index (χ2n) is 3.84. The second-order valence-corrected chi connectivity index (χ2v) is 3.84. The molecule has 2 rings (SSSR count). The van der Waals surface area contributed by atoms with E-state index in [4.69, 9.17) is 9.52 Å². The SMILES string of the molecule is Cc1ccc(F)cc1NCc1ccc(CO)o1. The number of hydrogen-bond donors (Lipinski definition) is 2. The minimum atomic E-state index is -0.270. The highest BCUT2D eigenvalue weighted by Crippen LogP contribution is 2.17. The average Bonchev–Trinajstić information content (AvgIpc) is 2.78. The van der Waals surface area contributed by atoms with Gasteiger partial charge in [0.2, 0.25) is 0 Å². The van der Waals surface area contributed by atoms with E-state index in [0.717, 1.165) is 11.3 Å². The topological polar surface area (TPSA) is 45.4 Å². The highest BCUT2D eigenvalue weighted by atomic mass is 19.1. The second kappa shape index (κ2) is 5.01. The zero-order valence-electron chi connectivity index (χ0n) is 9.53. The standard InChI is InChI=1S/C13H14FNO2/c1-9-2-3-10(14)6-13(9)15-7-11-4-5-12(8-16)17-11/h2-6,15-16H,7-8H2,1H3. The predicted octanol–water partition coefficient (Wildman–Crippen LogP) is 2.83. The van der Waals surface area contributed by atoms with Crippen molar-refractivity contribution < 1.29 is 13.9 Å². The third-order valence-electron chi connectivity index (χ3n) is 2.53. The van der Waals surface area contributed by atoms with E-state index in [1.54, 1.807) is 18.2 Å². The lowest BCUT2D eigenvalue weighted by molar-refractivity contribution is 0.244. The molecule has 17 heavy (non-hydrogen) atoms. The predicted molar refractivity (Wildman–Crippen MR) is 63.1 cm³/mol. The summed E-state index contributed by atoms with van der Waals surface area (Å²) in [6, 6.07) is 8.10. The molecule has 0 aliphatic rings. The Kier molecular flexibility index (Phi) is 3.44. The zero-order chi connectivity index (χ0) is 12.3. The number of benzene rings is 1. The number of anilines is 1. The van der Waals surface area contributed by atoms with Gasteiger partial charge in [-0.25, -0.2) is 4.39 Å². The lowest BCUT2D eigenvalue weighted by Gasteiger charge is -2.07. The molecule has 0 aliphatic carbocycles. The maximum Gasteiger partial charge on any atom is 0.129 e. The van der Waals surface area contributed by atoms with E-state index in [1.165, 1.54) is 12.1 Å². The normalized spacial score (nSPS) is 10.5. The first-order valence-electron chi connectivity index (χ1n) is 5.37. The zero-order valence-corrected chi connectivity index (χ0v) is 9.53. The van der Waals surface area contributed by atoms with Gasteiger partial charge in [-0.05, 0) is 36.8 Å². The van der Waals surface area contributed by atoms with Crippen molar-refractivity contribution in [1.29, 1.82) is 0 Å². The third kappa shape index (κ3) is 2.85. The summed E-state index contributed by atoms with van der Waals surface area (Å²) in [4.78, 5) is 0. The summed E-state index contributed by atoms with van der Waals surface area (Å²) in [5.41, 5.74) is 1.72. The fraction of sp³-hybridized carbons (Fsp3) is 0.231. The molecule has 1 heterocycles. The smallest absolute Gasteiger partial charge is 0.129 e. The van der Waals surface area contributed by atoms with E-state index < -0.39 is 0 Å². The van der Waals surface area contributed by atoms with Crippen molar-refractivity contribution in [1.82, 2.24) is 0 Å². The van der Waals surface area contributed by atoms with Crippen LogP contribution in [0.15, 0.2) is 34.7 Å². The molecule has 0 bridgehead atoms. The first kappa shape index (κ1) is 11.7. The van der Waals surface area contributed by atoms with E-state index >= 15 is 0 Å². The van der Waals surface area contributed by atoms with Gasteiger partial charge in [-0.15, -0.1) is 0 Å². The van der Waals surface area contributed by atoms with Crippen LogP contribution in [0.25, 0.3) is 0 Å². The molecule has 3 nitrogen and oxygen atoms in total. The molecule has 0 amide bonds. The fourth-order valence-electron chi connectivity index (χ4n) is 1.57. The lowest BCUT2D eigenvalue weighted by Crippen LogP contribution is -2.00. The largest absolute Gasteiger partial charge is 0.462 e. The average molecular weight is 235 g/mol. The van der Waals surface area contributed by atoms with Crippen LogP contribution in [0, 0.1) is 12.7 Å². The number of nitrogens with one attached hydrogen (secondary N) is 1. The summed E-state index contributed by atoms with van der Waals surface area (Å²) in [6.45, 7) is 2.26. The Morgan fingerprint density at radius 3 is 2.71 bits per heavy atom. The Hall–Kier alpha value is -1.81. The minimum Gasteiger partial charge on any atom is -0.462 e. The first-order chi connectivity index (χ1) is 8.19. The molecule has 1 aromatic carbocycles. The van der Waals surface area contributed by atoms with Gasteiger partial charge in [0.1, 0.15) is 23.9 Å². The number of aliphatic hydroxyl groups excluding tert-OH is 1. The van der Waals surface area contributed by atoms with Crippen LogP contribution in [0.2, 0.25) is 0 Å². The van der Waals surface area contributed by atoms with Gasteiger partial charge in [-0.1, -0.05) is 6.07 Å². The summed E-state index contributed by atoms with van der Waals surface area (Å²) in [5, 5.41) is 11.9. The van der Waals surface area contributed by atoms with Crippen LogP contribution in [0.4, 0.5) is 10.1 Å². The van der Waals surface area contributed by atoms with E-state index in [-0.39, 0.29) is 12.4 Å². The molecule has 0 fully saturated rings. The van der Waals surface area contributed by atoms with Crippen LogP contribution in [0.5, 0.6) is 0 Å². The van der Waals surface area contributed by atoms with Crippen LogP contribution >= 0.6 is 0 Å². The Balaban J connectivity index is 2.04. The van der Waals surface area contributed by atoms with Crippen molar-refractivity contribution in [2.45, 2.75) is 20.1 Å². The van der Waals surface area contributed by atoms with Gasteiger partial charge in [0.25, 0.3) is 0 Å². The quantitative estimate of drug-likeness (QED) is 0.856. The van der Waals surface area contributed by atoms with Crippen molar-refractivity contribution in [2.75, 3.05) is 5.32 Å². The fourth-order valence-corrected chi connectivity index (χ4v) is 1.57. The summed E-state index contributed by atoms with van der Waals surface area (Å²) in [7, 11) is 0. The molecule has 2 N–H and O–H groups in total. The molecular weight excluding hydrogens is 221 g/mol. The first-order valence-corrected chi connectivity index (χ1v) is 5.37. The van der Waals surface area contributed by atoms with Crippen LogP contribution in [0.1, 0.15) is 17.1 Å². The minimum absolute atomic E-state index is 0.112. The number of aryl methyl sites for hydroxylation is 1. The Labute approximate surface area is 98.9 Å². The molecule has 2 aromatic rings. The van der Waals surface area contributed by atoms with Gasteiger partial charge >= 0.3 is 0 Å². The molecule has 0 saturated carbocycles. The molecule has 0 saturated heterocycles. The Morgan fingerprint density at radius 2 is 2.00 bits per heavy atom. The molecule has 4 heteroatoms. The van der Waals surface area contributed by atoms with Crippen LogP contribution < -0.4 is 5.32 Å². The van der Waals surface area contributed by atoms with Crippen LogP contribution in [-0.4, -0.2) is 5.11 Å².